The van der Waals surface area contributed by atoms with Crippen LogP contribution in [0.4, 0.5) is 11.6 Å². The number of thiophene rings is 1. The molecule has 0 aromatic carbocycles. The third-order valence-electron chi connectivity index (χ3n) is 4.15. The highest BCUT2D eigenvalue weighted by Gasteiger charge is 2.25. The first-order valence-electron chi connectivity index (χ1n) is 8.65. The van der Waals surface area contributed by atoms with Crippen molar-refractivity contribution in [1.29, 1.82) is 0 Å². The van der Waals surface area contributed by atoms with E-state index in [1.54, 1.807) is 6.07 Å². The van der Waals surface area contributed by atoms with Gasteiger partial charge in [-0.15, -0.1) is 17.8 Å². The monoisotopic (exact) mass is 428 g/mol. The van der Waals surface area contributed by atoms with E-state index in [0.717, 1.165) is 36.8 Å². The maximum atomic E-state index is 12.1. The maximum Gasteiger partial charge on any atom is 0.273 e. The SMILES string of the molecule is C#Cc1cnc(-c2ccc(S(=O)(=O)NC(C)=O)s2)nc1Nc1cc(C2CC2)[nH]n1. The summed E-state index contributed by atoms with van der Waals surface area (Å²) in [5.74, 6) is 3.68. The number of terminal acetylenes is 1. The second-order valence-corrected chi connectivity index (χ2v) is 9.48. The highest BCUT2D eigenvalue weighted by Crippen LogP contribution is 2.39. The number of aromatic nitrogens is 4. The van der Waals surface area contributed by atoms with E-state index in [-0.39, 0.29) is 4.21 Å². The number of rotatable bonds is 6. The van der Waals surface area contributed by atoms with Crippen molar-refractivity contribution in [3.63, 3.8) is 0 Å². The first-order chi connectivity index (χ1) is 13.9. The van der Waals surface area contributed by atoms with Crippen LogP contribution in [-0.2, 0) is 14.8 Å². The van der Waals surface area contributed by atoms with E-state index in [4.69, 9.17) is 6.42 Å². The van der Waals surface area contributed by atoms with E-state index < -0.39 is 15.9 Å². The second kappa shape index (κ2) is 7.31. The molecule has 1 saturated carbocycles. The molecule has 11 heteroatoms. The number of hydrogen-bond acceptors (Lipinski definition) is 8. The van der Waals surface area contributed by atoms with Gasteiger partial charge in [-0.3, -0.25) is 9.89 Å². The van der Waals surface area contributed by atoms with Crippen molar-refractivity contribution < 1.29 is 13.2 Å². The van der Waals surface area contributed by atoms with Crippen molar-refractivity contribution in [3.8, 4) is 23.0 Å². The number of anilines is 2. The van der Waals surface area contributed by atoms with Gasteiger partial charge in [-0.2, -0.15) is 5.10 Å². The first-order valence-corrected chi connectivity index (χ1v) is 11.0. The molecule has 0 radical (unpaired) electrons. The van der Waals surface area contributed by atoms with Gasteiger partial charge in [0.15, 0.2) is 17.5 Å². The molecule has 3 aromatic heterocycles. The van der Waals surface area contributed by atoms with E-state index in [2.05, 4.69) is 31.4 Å². The van der Waals surface area contributed by atoms with Crippen LogP contribution in [0.1, 0.15) is 36.9 Å². The normalized spacial score (nSPS) is 13.7. The second-order valence-electron chi connectivity index (χ2n) is 6.49. The first kappa shape index (κ1) is 19.1. The topological polar surface area (TPSA) is 130 Å². The summed E-state index contributed by atoms with van der Waals surface area (Å²) in [5.41, 5.74) is 1.52. The van der Waals surface area contributed by atoms with Crippen LogP contribution in [0.25, 0.3) is 10.7 Å². The minimum Gasteiger partial charge on any atom is -0.322 e. The Hall–Kier alpha value is -3.23. The summed E-state index contributed by atoms with van der Waals surface area (Å²) in [4.78, 5) is 20.3. The lowest BCUT2D eigenvalue weighted by molar-refractivity contribution is -0.117. The Balaban J connectivity index is 1.62. The molecule has 0 aliphatic heterocycles. The molecule has 0 unspecified atom stereocenters. The van der Waals surface area contributed by atoms with E-state index in [1.807, 2.05) is 10.8 Å². The average molecular weight is 428 g/mol. The minimum atomic E-state index is -3.92. The molecule has 3 N–H and O–H groups in total. The zero-order valence-electron chi connectivity index (χ0n) is 15.3. The Morgan fingerprint density at radius 3 is 2.86 bits per heavy atom. The Labute approximate surface area is 171 Å². The van der Waals surface area contributed by atoms with E-state index in [9.17, 15) is 13.2 Å². The third-order valence-corrected chi connectivity index (χ3v) is 7.16. The third kappa shape index (κ3) is 4.13. The number of nitrogens with zero attached hydrogens (tertiary/aromatic N) is 3. The van der Waals surface area contributed by atoms with Crippen LogP contribution >= 0.6 is 11.3 Å². The number of amides is 1. The van der Waals surface area contributed by atoms with Crippen molar-refractivity contribution in [2.45, 2.75) is 29.9 Å². The molecule has 0 saturated heterocycles. The molecule has 1 fully saturated rings. The van der Waals surface area contributed by atoms with Gasteiger partial charge in [0.2, 0.25) is 5.91 Å². The molecule has 1 aliphatic rings. The Morgan fingerprint density at radius 2 is 2.17 bits per heavy atom. The van der Waals surface area contributed by atoms with Gasteiger partial charge in [-0.05, 0) is 25.0 Å². The zero-order valence-corrected chi connectivity index (χ0v) is 16.9. The van der Waals surface area contributed by atoms with Gasteiger partial charge in [0.25, 0.3) is 10.0 Å². The van der Waals surface area contributed by atoms with Crippen molar-refractivity contribution in [3.05, 3.63) is 35.7 Å². The fourth-order valence-electron chi connectivity index (χ4n) is 2.65. The summed E-state index contributed by atoms with van der Waals surface area (Å²) < 4.78 is 26.2. The van der Waals surface area contributed by atoms with Crippen molar-refractivity contribution >= 4 is 38.9 Å². The fraction of sp³-hybridized carbons (Fsp3) is 0.222. The van der Waals surface area contributed by atoms with E-state index >= 15 is 0 Å². The smallest absolute Gasteiger partial charge is 0.273 e. The van der Waals surface area contributed by atoms with Gasteiger partial charge < -0.3 is 5.32 Å². The summed E-state index contributed by atoms with van der Waals surface area (Å²) in [6.07, 6.45) is 9.34. The number of H-pyrrole nitrogens is 1. The number of nitrogens with one attached hydrogen (secondary N) is 3. The van der Waals surface area contributed by atoms with Crippen LogP contribution in [-0.4, -0.2) is 34.5 Å². The predicted molar refractivity (Wildman–Crippen MR) is 108 cm³/mol. The highest BCUT2D eigenvalue weighted by atomic mass is 32.2. The molecule has 3 heterocycles. The van der Waals surface area contributed by atoms with Crippen molar-refractivity contribution in [1.82, 2.24) is 24.9 Å². The molecule has 29 heavy (non-hydrogen) atoms. The summed E-state index contributed by atoms with van der Waals surface area (Å²) >= 11 is 0.951. The summed E-state index contributed by atoms with van der Waals surface area (Å²) in [6, 6.07) is 4.89. The van der Waals surface area contributed by atoms with Gasteiger partial charge in [0.1, 0.15) is 4.21 Å². The molecule has 0 atom stereocenters. The predicted octanol–water partition coefficient (Wildman–Crippen LogP) is 2.36. The highest BCUT2D eigenvalue weighted by molar-refractivity contribution is 7.92. The lowest BCUT2D eigenvalue weighted by Gasteiger charge is -2.06. The fourth-order valence-corrected chi connectivity index (χ4v) is 4.89. The van der Waals surface area contributed by atoms with Gasteiger partial charge in [0.05, 0.1) is 10.4 Å². The average Bonchev–Trinajstić information content (AvgIpc) is 3.20. The molecule has 0 bridgehead atoms. The number of carbonyl (C=O) groups is 1. The number of aromatic amines is 1. The van der Waals surface area contributed by atoms with Gasteiger partial charge >= 0.3 is 0 Å². The number of hydrogen-bond donors (Lipinski definition) is 3. The molecule has 9 nitrogen and oxygen atoms in total. The Kier molecular flexibility index (Phi) is 4.81. The van der Waals surface area contributed by atoms with Crippen molar-refractivity contribution in [2.75, 3.05) is 5.32 Å². The molecule has 1 aliphatic carbocycles. The molecular formula is C18H16N6O3S2. The molecule has 3 aromatic rings. The molecular weight excluding hydrogens is 412 g/mol. The maximum absolute atomic E-state index is 12.1. The lowest BCUT2D eigenvalue weighted by Crippen LogP contribution is -2.27. The molecule has 0 spiro atoms. The van der Waals surface area contributed by atoms with Gasteiger partial charge in [-0.1, -0.05) is 5.92 Å². The Morgan fingerprint density at radius 1 is 1.38 bits per heavy atom. The van der Waals surface area contributed by atoms with Crippen LogP contribution in [0.15, 0.2) is 28.6 Å². The Bertz CT molecular complexity index is 1230. The zero-order chi connectivity index (χ0) is 20.6. The van der Waals surface area contributed by atoms with Crippen LogP contribution in [0.2, 0.25) is 0 Å². The van der Waals surface area contributed by atoms with Crippen LogP contribution < -0.4 is 10.0 Å². The van der Waals surface area contributed by atoms with Crippen molar-refractivity contribution in [2.24, 2.45) is 0 Å². The van der Waals surface area contributed by atoms with Crippen LogP contribution in [0.3, 0.4) is 0 Å². The minimum absolute atomic E-state index is 0.0109. The van der Waals surface area contributed by atoms with Gasteiger partial charge in [-0.25, -0.2) is 23.1 Å². The van der Waals surface area contributed by atoms with Gasteiger partial charge in [0, 0.05) is 30.8 Å². The van der Waals surface area contributed by atoms with Crippen LogP contribution in [0.5, 0.6) is 0 Å². The summed E-state index contributed by atoms with van der Waals surface area (Å²) in [5, 5.41) is 10.3. The quantitative estimate of drug-likeness (QED) is 0.514. The summed E-state index contributed by atoms with van der Waals surface area (Å²) in [7, 11) is -3.92. The summed E-state index contributed by atoms with van der Waals surface area (Å²) in [6.45, 7) is 1.13. The standard InChI is InChI=1S/C18H16N6O3S2/c1-3-11-9-19-18(14-6-7-16(28-14)29(26,27)24-10(2)25)21-17(11)20-15-8-13(22-23-15)12-4-5-12/h1,6-9,12H,4-5H2,2H3,(H,24,25)(H2,19,20,21,22,23). The molecule has 4 rings (SSSR count). The molecule has 1 amide bonds. The van der Waals surface area contributed by atoms with Crippen LogP contribution in [0, 0.1) is 12.3 Å². The number of sulfonamides is 1. The lowest BCUT2D eigenvalue weighted by atomic mass is 10.3. The largest absolute Gasteiger partial charge is 0.322 e. The van der Waals surface area contributed by atoms with E-state index in [1.165, 1.54) is 12.3 Å². The molecule has 148 valence electrons. The van der Waals surface area contributed by atoms with E-state index in [0.29, 0.717) is 33.8 Å². The number of carbonyl (C=O) groups excluding carboxylic acids is 1.